The maximum atomic E-state index is 12.3. The summed E-state index contributed by atoms with van der Waals surface area (Å²) >= 11 is 0. The number of nitro benzene ring substituents is 1. The van der Waals surface area contributed by atoms with Gasteiger partial charge in [0, 0.05) is 36.0 Å². The first-order chi connectivity index (χ1) is 10.9. The van der Waals surface area contributed by atoms with E-state index in [-0.39, 0.29) is 11.6 Å². The van der Waals surface area contributed by atoms with Crippen LogP contribution >= 0.6 is 0 Å². The minimum absolute atomic E-state index is 0.00773. The molecule has 0 amide bonds. The third-order valence-corrected chi connectivity index (χ3v) is 4.10. The summed E-state index contributed by atoms with van der Waals surface area (Å²) < 4.78 is 4.93. The molecular weight excluding hydrogens is 296 g/mol. The number of nitrogens with zero attached hydrogens (tertiary/aromatic N) is 2. The predicted molar refractivity (Wildman–Crippen MR) is 86.7 cm³/mol. The second-order valence-corrected chi connectivity index (χ2v) is 5.37. The number of nitro groups is 1. The fourth-order valence-corrected chi connectivity index (χ4v) is 3.02. The highest BCUT2D eigenvalue weighted by molar-refractivity contribution is 5.92. The standard InChI is InChI=1S/C17H20N2O4/c1-5-18-11(2)9-15(16(12(18)3)17(20)23-4)13-7-6-8-14(10-13)19(21)22/h6-10,15H,5H2,1-4H3. The lowest BCUT2D eigenvalue weighted by atomic mass is 9.86. The highest BCUT2D eigenvalue weighted by Crippen LogP contribution is 2.37. The van der Waals surface area contributed by atoms with Gasteiger partial charge in [-0.05, 0) is 26.3 Å². The number of methoxy groups -OCH3 is 1. The maximum absolute atomic E-state index is 12.3. The van der Waals surface area contributed by atoms with E-state index in [0.29, 0.717) is 11.1 Å². The van der Waals surface area contributed by atoms with Crippen LogP contribution in [-0.4, -0.2) is 29.4 Å². The Bertz CT molecular complexity index is 706. The molecule has 0 N–H and O–H groups in total. The van der Waals surface area contributed by atoms with Crippen molar-refractivity contribution in [3.63, 3.8) is 0 Å². The first-order valence-electron chi connectivity index (χ1n) is 7.40. The zero-order valence-electron chi connectivity index (χ0n) is 13.7. The molecule has 0 saturated heterocycles. The van der Waals surface area contributed by atoms with Crippen LogP contribution in [0.1, 0.15) is 32.3 Å². The topological polar surface area (TPSA) is 72.7 Å². The van der Waals surface area contributed by atoms with Gasteiger partial charge in [-0.25, -0.2) is 4.79 Å². The molecule has 1 aliphatic heterocycles. The molecule has 1 aromatic carbocycles. The minimum atomic E-state index is -0.435. The maximum Gasteiger partial charge on any atom is 0.336 e. The molecule has 1 aliphatic rings. The van der Waals surface area contributed by atoms with E-state index in [0.717, 1.165) is 17.9 Å². The van der Waals surface area contributed by atoms with Gasteiger partial charge >= 0.3 is 5.97 Å². The van der Waals surface area contributed by atoms with Crippen molar-refractivity contribution in [1.29, 1.82) is 0 Å². The quantitative estimate of drug-likeness (QED) is 0.484. The number of hydrogen-bond donors (Lipinski definition) is 0. The summed E-state index contributed by atoms with van der Waals surface area (Å²) in [6.45, 7) is 6.57. The Kier molecular flexibility index (Phi) is 4.83. The van der Waals surface area contributed by atoms with E-state index in [1.165, 1.54) is 19.2 Å². The molecule has 0 aromatic heterocycles. The van der Waals surface area contributed by atoms with Crippen LogP contribution in [0.2, 0.25) is 0 Å². The van der Waals surface area contributed by atoms with Gasteiger partial charge in [0.15, 0.2) is 0 Å². The van der Waals surface area contributed by atoms with Gasteiger partial charge in [-0.15, -0.1) is 0 Å². The number of carbonyl (C=O) groups is 1. The Hall–Kier alpha value is -2.63. The van der Waals surface area contributed by atoms with Crippen LogP contribution in [0, 0.1) is 10.1 Å². The molecule has 2 rings (SSSR count). The van der Waals surface area contributed by atoms with Crippen molar-refractivity contribution in [2.24, 2.45) is 0 Å². The summed E-state index contributed by atoms with van der Waals surface area (Å²) in [5.41, 5.74) is 3.05. The van der Waals surface area contributed by atoms with Crippen LogP contribution in [0.4, 0.5) is 5.69 Å². The average molecular weight is 316 g/mol. The first kappa shape index (κ1) is 16.7. The van der Waals surface area contributed by atoms with Crippen molar-refractivity contribution in [3.8, 4) is 0 Å². The van der Waals surface area contributed by atoms with Crippen molar-refractivity contribution >= 4 is 11.7 Å². The van der Waals surface area contributed by atoms with Crippen LogP contribution in [0.15, 0.2) is 47.3 Å². The molecule has 122 valence electrons. The zero-order valence-corrected chi connectivity index (χ0v) is 13.7. The number of benzene rings is 1. The fraction of sp³-hybridized carbons (Fsp3) is 0.353. The summed E-state index contributed by atoms with van der Waals surface area (Å²) in [5.74, 6) is -0.772. The second-order valence-electron chi connectivity index (χ2n) is 5.37. The van der Waals surface area contributed by atoms with E-state index >= 15 is 0 Å². The largest absolute Gasteiger partial charge is 0.466 e. The van der Waals surface area contributed by atoms with Crippen molar-refractivity contribution in [2.45, 2.75) is 26.7 Å². The van der Waals surface area contributed by atoms with Gasteiger partial charge in [0.2, 0.25) is 0 Å². The molecule has 1 atom stereocenters. The lowest BCUT2D eigenvalue weighted by Crippen LogP contribution is -2.29. The molecule has 1 heterocycles. The fourth-order valence-electron chi connectivity index (χ4n) is 3.02. The minimum Gasteiger partial charge on any atom is -0.466 e. The smallest absolute Gasteiger partial charge is 0.336 e. The molecule has 6 nitrogen and oxygen atoms in total. The van der Waals surface area contributed by atoms with Crippen LogP contribution in [0.5, 0.6) is 0 Å². The highest BCUT2D eigenvalue weighted by Gasteiger charge is 2.31. The Morgan fingerprint density at radius 3 is 2.65 bits per heavy atom. The van der Waals surface area contributed by atoms with Gasteiger partial charge in [-0.3, -0.25) is 10.1 Å². The Morgan fingerprint density at radius 2 is 2.09 bits per heavy atom. The summed E-state index contributed by atoms with van der Waals surface area (Å²) in [6.07, 6.45) is 1.95. The first-order valence-corrected chi connectivity index (χ1v) is 7.40. The summed E-state index contributed by atoms with van der Waals surface area (Å²) in [6, 6.07) is 6.37. The molecule has 0 bridgehead atoms. The number of hydrogen-bond acceptors (Lipinski definition) is 5. The summed E-state index contributed by atoms with van der Waals surface area (Å²) in [5, 5.41) is 11.0. The van der Waals surface area contributed by atoms with Crippen LogP contribution in [0.3, 0.4) is 0 Å². The van der Waals surface area contributed by atoms with Gasteiger partial charge in [-0.1, -0.05) is 18.2 Å². The number of carbonyl (C=O) groups excluding carboxylic acids is 1. The molecule has 1 aromatic rings. The third-order valence-electron chi connectivity index (χ3n) is 4.10. The SMILES string of the molecule is CCN1C(C)=CC(c2cccc([N+](=O)[O-])c2)C(C(=O)OC)=C1C. The van der Waals surface area contributed by atoms with Gasteiger partial charge in [0.05, 0.1) is 17.6 Å². The Balaban J connectivity index is 2.58. The lowest BCUT2D eigenvalue weighted by molar-refractivity contribution is -0.384. The Morgan fingerprint density at radius 1 is 1.39 bits per heavy atom. The van der Waals surface area contributed by atoms with Crippen LogP contribution in [-0.2, 0) is 9.53 Å². The molecule has 23 heavy (non-hydrogen) atoms. The number of non-ortho nitro benzene ring substituents is 1. The predicted octanol–water partition coefficient (Wildman–Crippen LogP) is 3.36. The number of rotatable bonds is 4. The molecule has 0 radical (unpaired) electrons. The van der Waals surface area contributed by atoms with Crippen molar-refractivity contribution in [1.82, 2.24) is 4.90 Å². The van der Waals surface area contributed by atoms with Crippen LogP contribution < -0.4 is 0 Å². The van der Waals surface area contributed by atoms with E-state index in [1.54, 1.807) is 12.1 Å². The van der Waals surface area contributed by atoms with Gasteiger partial charge in [-0.2, -0.15) is 0 Å². The summed E-state index contributed by atoms with van der Waals surface area (Å²) in [4.78, 5) is 24.9. The van der Waals surface area contributed by atoms with E-state index in [2.05, 4.69) is 0 Å². The van der Waals surface area contributed by atoms with E-state index < -0.39 is 10.9 Å². The highest BCUT2D eigenvalue weighted by atomic mass is 16.6. The summed E-state index contributed by atoms with van der Waals surface area (Å²) in [7, 11) is 1.34. The Labute approximate surface area is 135 Å². The normalized spacial score (nSPS) is 17.8. The number of allylic oxidation sites excluding steroid dienone is 3. The molecule has 0 fully saturated rings. The monoisotopic (exact) mass is 316 g/mol. The number of esters is 1. The van der Waals surface area contributed by atoms with Crippen molar-refractivity contribution < 1.29 is 14.5 Å². The van der Waals surface area contributed by atoms with Crippen molar-refractivity contribution in [3.05, 3.63) is 63.0 Å². The molecule has 0 aliphatic carbocycles. The number of ether oxygens (including phenoxy) is 1. The van der Waals surface area contributed by atoms with Crippen molar-refractivity contribution in [2.75, 3.05) is 13.7 Å². The van der Waals surface area contributed by atoms with Crippen LogP contribution in [0.25, 0.3) is 0 Å². The van der Waals surface area contributed by atoms with E-state index in [9.17, 15) is 14.9 Å². The average Bonchev–Trinajstić information content (AvgIpc) is 2.54. The van der Waals surface area contributed by atoms with E-state index in [4.69, 9.17) is 4.74 Å². The molecule has 6 heteroatoms. The second kappa shape index (κ2) is 6.64. The zero-order chi connectivity index (χ0) is 17.1. The molecular formula is C17H20N2O4. The van der Waals surface area contributed by atoms with E-state index in [1.807, 2.05) is 31.7 Å². The van der Waals surface area contributed by atoms with Gasteiger partial charge in [0.1, 0.15) is 0 Å². The molecule has 0 spiro atoms. The third kappa shape index (κ3) is 3.11. The van der Waals surface area contributed by atoms with Gasteiger partial charge < -0.3 is 9.64 Å². The lowest BCUT2D eigenvalue weighted by Gasteiger charge is -2.34. The van der Waals surface area contributed by atoms with Gasteiger partial charge in [0.25, 0.3) is 5.69 Å². The molecule has 1 unspecified atom stereocenters. The molecule has 0 saturated carbocycles.